The van der Waals surface area contributed by atoms with Gasteiger partial charge in [-0.15, -0.1) is 0 Å². The topological polar surface area (TPSA) is 100 Å². The van der Waals surface area contributed by atoms with Crippen LogP contribution in [0.15, 0.2) is 36.4 Å². The number of carboxylic acids is 1. The maximum atomic E-state index is 12.7. The predicted molar refractivity (Wildman–Crippen MR) is 142 cm³/mol. The summed E-state index contributed by atoms with van der Waals surface area (Å²) < 4.78 is 42.7. The molecule has 1 aliphatic heterocycles. The van der Waals surface area contributed by atoms with Gasteiger partial charge >= 0.3 is 18.2 Å². The molecule has 0 unspecified atom stereocenters. The first kappa shape index (κ1) is 30.6. The number of likely N-dealkylation sites (N-methyl/N-ethyl adjacent to an activating group) is 1. The van der Waals surface area contributed by atoms with Crippen LogP contribution in [-0.4, -0.2) is 68.1 Å². The number of alkyl halides is 3. The van der Waals surface area contributed by atoms with Crippen molar-refractivity contribution in [3.05, 3.63) is 52.0 Å². The molecule has 39 heavy (non-hydrogen) atoms. The van der Waals surface area contributed by atoms with Crippen LogP contribution < -0.4 is 20.1 Å². The number of nitrogens with one attached hydrogen (secondary N) is 2. The lowest BCUT2D eigenvalue weighted by atomic mass is 9.65. The van der Waals surface area contributed by atoms with Crippen LogP contribution in [0.1, 0.15) is 31.2 Å². The second kappa shape index (κ2) is 12.5. The molecule has 2 aromatic rings. The maximum absolute atomic E-state index is 12.7. The van der Waals surface area contributed by atoms with Crippen LogP contribution in [0.25, 0.3) is 0 Å². The number of halogens is 5. The molecular formula is C26H30Cl2F3N3O5. The Morgan fingerprint density at radius 1 is 1.08 bits per heavy atom. The first-order valence-corrected chi connectivity index (χ1v) is 12.8. The van der Waals surface area contributed by atoms with E-state index in [0.29, 0.717) is 21.8 Å². The van der Waals surface area contributed by atoms with Gasteiger partial charge < -0.3 is 30.1 Å². The zero-order chi connectivity index (χ0) is 29.0. The van der Waals surface area contributed by atoms with E-state index in [-0.39, 0.29) is 17.5 Å². The molecule has 2 aromatic carbocycles. The highest BCUT2D eigenvalue weighted by molar-refractivity contribution is 6.35. The lowest BCUT2D eigenvalue weighted by Gasteiger charge is -2.45. The Morgan fingerprint density at radius 3 is 2.36 bits per heavy atom. The average molecular weight is 592 g/mol. The molecule has 0 aromatic heterocycles. The van der Waals surface area contributed by atoms with E-state index in [4.69, 9.17) is 42.6 Å². The standard InChI is InChI=1S/C24H29Cl2N3O3.C2HF3O2/c1-29-11-10-24(15-4-7-20(31-2)21(12-15)32-3)9-8-17(14-22(24)29)27-23(30)28-19-13-16(25)5-6-18(19)26;3-2(4,5)1(6)7/h4-7,12-13,17,22H,8-11,14H2,1-3H3,(H2,27,28,30);(H,6,7)/t17-,22+,24+;/m1./s1. The molecule has 1 aliphatic carbocycles. The van der Waals surface area contributed by atoms with Crippen LogP contribution in [0.4, 0.5) is 23.7 Å². The van der Waals surface area contributed by atoms with E-state index in [1.165, 1.54) is 5.56 Å². The van der Waals surface area contributed by atoms with Crippen molar-refractivity contribution in [2.24, 2.45) is 0 Å². The van der Waals surface area contributed by atoms with Gasteiger partial charge in [0.25, 0.3) is 0 Å². The summed E-state index contributed by atoms with van der Waals surface area (Å²) in [7, 11) is 5.49. The third-order valence-electron chi connectivity index (χ3n) is 7.24. The van der Waals surface area contributed by atoms with Gasteiger partial charge in [-0.25, -0.2) is 9.59 Å². The Hall–Kier alpha value is -2.89. The molecule has 1 saturated heterocycles. The zero-order valence-electron chi connectivity index (χ0n) is 21.6. The van der Waals surface area contributed by atoms with Gasteiger partial charge in [-0.1, -0.05) is 29.3 Å². The van der Waals surface area contributed by atoms with Crippen LogP contribution in [0.5, 0.6) is 11.5 Å². The van der Waals surface area contributed by atoms with Gasteiger partial charge in [0, 0.05) is 22.5 Å². The Kier molecular flexibility index (Phi) is 9.84. The third kappa shape index (κ3) is 7.20. The van der Waals surface area contributed by atoms with E-state index in [1.807, 2.05) is 6.07 Å². The molecule has 3 atom stereocenters. The molecule has 2 fully saturated rings. The summed E-state index contributed by atoms with van der Waals surface area (Å²) in [5, 5.41) is 14.1. The minimum absolute atomic E-state index is 0.0409. The van der Waals surface area contributed by atoms with Crippen molar-refractivity contribution < 1.29 is 37.3 Å². The number of methoxy groups -OCH3 is 2. The van der Waals surface area contributed by atoms with Gasteiger partial charge in [0.05, 0.1) is 24.9 Å². The summed E-state index contributed by atoms with van der Waals surface area (Å²) in [6, 6.07) is 11.4. The normalized spacial score (nSPS) is 22.7. The summed E-state index contributed by atoms with van der Waals surface area (Å²) in [4.78, 5) is 24.0. The lowest BCUT2D eigenvalue weighted by Crippen LogP contribution is -2.52. The second-order valence-corrected chi connectivity index (χ2v) is 10.3. The van der Waals surface area contributed by atoms with Gasteiger partial charge in [0.15, 0.2) is 11.5 Å². The molecule has 0 spiro atoms. The van der Waals surface area contributed by atoms with Crippen LogP contribution in [0.3, 0.4) is 0 Å². The van der Waals surface area contributed by atoms with E-state index in [0.717, 1.165) is 43.7 Å². The number of hydrogen-bond acceptors (Lipinski definition) is 5. The number of carboxylic acid groups (broad SMARTS) is 1. The quantitative estimate of drug-likeness (QED) is 0.397. The van der Waals surface area contributed by atoms with Gasteiger partial charge in [0.2, 0.25) is 0 Å². The first-order valence-electron chi connectivity index (χ1n) is 12.1. The SMILES string of the molecule is COc1ccc([C@@]23CC[C@@H](NC(=O)Nc4cc(Cl)ccc4Cl)C[C@@H]2N(C)CC3)cc1OC.O=C(O)C(F)(F)F. The Labute approximate surface area is 234 Å². The fourth-order valence-electron chi connectivity index (χ4n) is 5.33. The molecular weight excluding hydrogens is 562 g/mol. The number of carbonyl (C=O) groups is 2. The van der Waals surface area contributed by atoms with Crippen molar-refractivity contribution in [3.8, 4) is 11.5 Å². The third-order valence-corrected chi connectivity index (χ3v) is 7.80. The number of fused-ring (bicyclic) bond motifs is 1. The number of hydrogen-bond donors (Lipinski definition) is 3. The molecule has 8 nitrogen and oxygen atoms in total. The molecule has 0 radical (unpaired) electrons. The molecule has 4 rings (SSSR count). The van der Waals surface area contributed by atoms with E-state index in [9.17, 15) is 18.0 Å². The van der Waals surface area contributed by atoms with E-state index in [1.54, 1.807) is 32.4 Å². The minimum Gasteiger partial charge on any atom is -0.493 e. The highest BCUT2D eigenvalue weighted by atomic mass is 35.5. The molecule has 3 N–H and O–H groups in total. The zero-order valence-corrected chi connectivity index (χ0v) is 23.1. The lowest BCUT2D eigenvalue weighted by molar-refractivity contribution is -0.192. The molecule has 1 heterocycles. The van der Waals surface area contributed by atoms with E-state index >= 15 is 0 Å². The van der Waals surface area contributed by atoms with Crippen molar-refractivity contribution >= 4 is 40.9 Å². The van der Waals surface area contributed by atoms with E-state index < -0.39 is 12.1 Å². The summed E-state index contributed by atoms with van der Waals surface area (Å²) in [5.41, 5.74) is 1.82. The number of ether oxygens (including phenoxy) is 2. The molecule has 2 amide bonds. The average Bonchev–Trinajstić information content (AvgIpc) is 3.22. The van der Waals surface area contributed by atoms with E-state index in [2.05, 4.69) is 34.7 Å². The summed E-state index contributed by atoms with van der Waals surface area (Å²) in [6.45, 7) is 1.02. The number of rotatable bonds is 5. The summed E-state index contributed by atoms with van der Waals surface area (Å²) >= 11 is 12.2. The number of aliphatic carboxylic acids is 1. The summed E-state index contributed by atoms with van der Waals surface area (Å²) in [6.07, 6.45) is -1.24. The fourth-order valence-corrected chi connectivity index (χ4v) is 5.67. The Morgan fingerprint density at radius 2 is 1.74 bits per heavy atom. The number of nitrogens with zero attached hydrogens (tertiary/aromatic N) is 1. The highest BCUT2D eigenvalue weighted by Gasteiger charge is 2.50. The van der Waals surface area contributed by atoms with Crippen molar-refractivity contribution in [1.29, 1.82) is 0 Å². The van der Waals surface area contributed by atoms with Gasteiger partial charge in [0.1, 0.15) is 0 Å². The maximum Gasteiger partial charge on any atom is 0.490 e. The van der Waals surface area contributed by atoms with Crippen molar-refractivity contribution in [3.63, 3.8) is 0 Å². The smallest absolute Gasteiger partial charge is 0.490 e. The number of anilines is 1. The van der Waals surface area contributed by atoms with Gasteiger partial charge in [-0.2, -0.15) is 13.2 Å². The molecule has 0 bridgehead atoms. The minimum atomic E-state index is -5.08. The number of benzene rings is 2. The van der Waals surface area contributed by atoms with Gasteiger partial charge in [-0.3, -0.25) is 0 Å². The number of urea groups is 1. The molecule has 214 valence electrons. The fraction of sp³-hybridized carbons (Fsp3) is 0.462. The van der Waals surface area contributed by atoms with Crippen molar-refractivity contribution in [2.45, 2.75) is 49.4 Å². The molecule has 2 aliphatic rings. The first-order chi connectivity index (χ1) is 18.3. The van der Waals surface area contributed by atoms with Crippen molar-refractivity contribution in [1.82, 2.24) is 10.2 Å². The van der Waals surface area contributed by atoms with Crippen LogP contribution in [0, 0.1) is 0 Å². The Balaban J connectivity index is 0.000000532. The van der Waals surface area contributed by atoms with Gasteiger partial charge in [-0.05, 0) is 75.2 Å². The molecule has 13 heteroatoms. The largest absolute Gasteiger partial charge is 0.493 e. The number of amides is 2. The summed E-state index contributed by atoms with van der Waals surface area (Å²) in [5.74, 6) is -1.26. The van der Waals surface area contributed by atoms with Crippen molar-refractivity contribution in [2.75, 3.05) is 33.1 Å². The van der Waals surface area contributed by atoms with Crippen LogP contribution in [0.2, 0.25) is 10.0 Å². The monoisotopic (exact) mass is 591 g/mol. The highest BCUT2D eigenvalue weighted by Crippen LogP contribution is 2.49. The second-order valence-electron chi connectivity index (χ2n) is 9.47. The number of likely N-dealkylation sites (tertiary alicyclic amines) is 1. The van der Waals surface area contributed by atoms with Crippen LogP contribution >= 0.6 is 23.2 Å². The van der Waals surface area contributed by atoms with Crippen LogP contribution in [-0.2, 0) is 10.2 Å². The number of carbonyl (C=O) groups excluding carboxylic acids is 1. The Bertz CT molecular complexity index is 1200. The predicted octanol–water partition coefficient (Wildman–Crippen LogP) is 5.96. The molecule has 1 saturated carbocycles.